The molecule has 4 rings (SSSR count). The van der Waals surface area contributed by atoms with E-state index in [0.717, 1.165) is 10.0 Å². The highest BCUT2D eigenvalue weighted by Crippen LogP contribution is 2.29. The number of aromatic nitrogens is 1. The first-order valence-electron chi connectivity index (χ1n) is 9.50. The van der Waals surface area contributed by atoms with E-state index in [-0.39, 0.29) is 11.8 Å². The smallest absolute Gasteiger partial charge is 0.256 e. The Morgan fingerprint density at radius 2 is 1.61 bits per heavy atom. The lowest BCUT2D eigenvalue weighted by molar-refractivity contribution is -0.114. The second kappa shape index (κ2) is 8.97. The maximum absolute atomic E-state index is 13.0. The van der Waals surface area contributed by atoms with Gasteiger partial charge < -0.3 is 15.1 Å². The van der Waals surface area contributed by atoms with Crippen molar-refractivity contribution in [3.8, 4) is 22.8 Å². The zero-order valence-electron chi connectivity index (χ0n) is 16.6. The summed E-state index contributed by atoms with van der Waals surface area (Å²) in [5.74, 6) is 0.481. The number of amides is 2. The summed E-state index contributed by atoms with van der Waals surface area (Å²) in [7, 11) is 0. The molecule has 0 spiro atoms. The number of anilines is 2. The van der Waals surface area contributed by atoms with Gasteiger partial charge in [0.2, 0.25) is 11.8 Å². The molecule has 0 atom stereocenters. The van der Waals surface area contributed by atoms with E-state index < -0.39 is 0 Å². The number of carbonyl (C=O) groups is 2. The predicted molar refractivity (Wildman–Crippen MR) is 124 cm³/mol. The number of halogens is 1. The molecule has 0 bridgehead atoms. The van der Waals surface area contributed by atoms with Gasteiger partial charge in [-0.1, -0.05) is 46.3 Å². The minimum absolute atomic E-state index is 0.181. The number of hydrogen-bond acceptors (Lipinski definition) is 4. The lowest BCUT2D eigenvalue weighted by Crippen LogP contribution is -2.13. The minimum Gasteiger partial charge on any atom is -0.436 e. The van der Waals surface area contributed by atoms with Gasteiger partial charge in [-0.25, -0.2) is 4.98 Å². The normalized spacial score (nSPS) is 10.5. The average molecular weight is 476 g/mol. The van der Waals surface area contributed by atoms with E-state index in [9.17, 15) is 9.59 Å². The second-order valence-corrected chi connectivity index (χ2v) is 7.71. The molecule has 0 unspecified atom stereocenters. The van der Waals surface area contributed by atoms with Crippen molar-refractivity contribution in [1.82, 2.24) is 4.98 Å². The maximum Gasteiger partial charge on any atom is 0.256 e. The van der Waals surface area contributed by atoms with Crippen LogP contribution in [0.15, 0.2) is 87.9 Å². The fourth-order valence-electron chi connectivity index (χ4n) is 3.09. The molecule has 0 aliphatic rings. The highest BCUT2D eigenvalue weighted by molar-refractivity contribution is 9.10. The van der Waals surface area contributed by atoms with Crippen LogP contribution in [0.1, 0.15) is 17.3 Å². The molecule has 0 aliphatic carbocycles. The van der Waals surface area contributed by atoms with Crippen molar-refractivity contribution in [2.45, 2.75) is 6.92 Å². The van der Waals surface area contributed by atoms with E-state index >= 15 is 0 Å². The number of nitrogens with zero attached hydrogens (tertiary/aromatic N) is 1. The average Bonchev–Trinajstić information content (AvgIpc) is 3.24. The summed E-state index contributed by atoms with van der Waals surface area (Å²) in [6.45, 7) is 1.43. The van der Waals surface area contributed by atoms with Crippen LogP contribution in [0.4, 0.5) is 11.4 Å². The zero-order valence-corrected chi connectivity index (χ0v) is 18.1. The number of carbonyl (C=O) groups excluding carboxylic acids is 2. The molecular formula is C24H18BrN3O3. The van der Waals surface area contributed by atoms with Crippen LogP contribution in [0.3, 0.4) is 0 Å². The zero-order chi connectivity index (χ0) is 21.8. The first-order valence-corrected chi connectivity index (χ1v) is 10.3. The first-order chi connectivity index (χ1) is 15.0. The van der Waals surface area contributed by atoms with Gasteiger partial charge >= 0.3 is 0 Å². The van der Waals surface area contributed by atoms with Crippen LogP contribution in [-0.4, -0.2) is 16.8 Å². The Balaban J connectivity index is 1.60. The number of nitrogens with one attached hydrogen (secondary N) is 2. The molecule has 7 heteroatoms. The fourth-order valence-corrected chi connectivity index (χ4v) is 3.35. The van der Waals surface area contributed by atoms with Gasteiger partial charge in [0, 0.05) is 33.9 Å². The van der Waals surface area contributed by atoms with E-state index in [4.69, 9.17) is 4.42 Å². The van der Waals surface area contributed by atoms with Crippen LogP contribution in [0.5, 0.6) is 0 Å². The SMILES string of the molecule is CC(=O)Nc1cccc(NC(=O)c2ccccc2-c2ncc(-c3ccc(Br)cc3)o2)c1. The van der Waals surface area contributed by atoms with Crippen molar-refractivity contribution in [3.63, 3.8) is 0 Å². The molecule has 154 valence electrons. The highest BCUT2D eigenvalue weighted by Gasteiger charge is 2.17. The van der Waals surface area contributed by atoms with Gasteiger partial charge in [0.1, 0.15) is 0 Å². The third-order valence-corrected chi connectivity index (χ3v) is 5.01. The van der Waals surface area contributed by atoms with E-state index in [1.54, 1.807) is 48.7 Å². The summed E-state index contributed by atoms with van der Waals surface area (Å²) >= 11 is 3.42. The van der Waals surface area contributed by atoms with Crippen LogP contribution >= 0.6 is 15.9 Å². The molecule has 1 heterocycles. The molecular weight excluding hydrogens is 458 g/mol. The largest absolute Gasteiger partial charge is 0.436 e. The summed E-state index contributed by atoms with van der Waals surface area (Å²) < 4.78 is 6.92. The Labute approximate surface area is 187 Å². The van der Waals surface area contributed by atoms with Gasteiger partial charge in [-0.2, -0.15) is 0 Å². The number of hydrogen-bond donors (Lipinski definition) is 2. The van der Waals surface area contributed by atoms with E-state index in [1.807, 2.05) is 30.3 Å². The maximum atomic E-state index is 13.0. The minimum atomic E-state index is -0.307. The van der Waals surface area contributed by atoms with Gasteiger partial charge in [-0.15, -0.1) is 0 Å². The molecule has 0 radical (unpaired) electrons. The number of rotatable bonds is 5. The Morgan fingerprint density at radius 3 is 2.35 bits per heavy atom. The van der Waals surface area contributed by atoms with Crippen molar-refractivity contribution < 1.29 is 14.0 Å². The van der Waals surface area contributed by atoms with Crippen molar-refractivity contribution >= 4 is 39.1 Å². The molecule has 2 amide bonds. The van der Waals surface area contributed by atoms with Crippen LogP contribution in [0.25, 0.3) is 22.8 Å². The Bertz CT molecular complexity index is 1250. The topological polar surface area (TPSA) is 84.2 Å². The second-order valence-electron chi connectivity index (χ2n) is 6.80. The van der Waals surface area contributed by atoms with E-state index in [0.29, 0.717) is 34.2 Å². The molecule has 2 N–H and O–H groups in total. The monoisotopic (exact) mass is 475 g/mol. The van der Waals surface area contributed by atoms with E-state index in [2.05, 4.69) is 31.5 Å². The Kier molecular flexibility index (Phi) is 5.95. The molecule has 0 saturated heterocycles. The van der Waals surface area contributed by atoms with Gasteiger partial charge in [-0.05, 0) is 42.5 Å². The summed E-state index contributed by atoms with van der Waals surface area (Å²) in [5.41, 5.74) is 3.07. The summed E-state index contributed by atoms with van der Waals surface area (Å²) in [6.07, 6.45) is 1.64. The van der Waals surface area contributed by atoms with Crippen molar-refractivity contribution in [2.75, 3.05) is 10.6 Å². The van der Waals surface area contributed by atoms with Crippen LogP contribution in [-0.2, 0) is 4.79 Å². The standard InChI is InChI=1S/C24H18BrN3O3/c1-15(29)27-18-5-4-6-19(13-18)28-23(30)20-7-2-3-8-21(20)24-26-14-22(31-24)16-9-11-17(25)12-10-16/h2-14H,1H3,(H,27,29)(H,28,30). The summed E-state index contributed by atoms with van der Waals surface area (Å²) in [6, 6.07) is 21.8. The molecule has 1 aromatic heterocycles. The third kappa shape index (κ3) is 4.90. The molecule has 31 heavy (non-hydrogen) atoms. The van der Waals surface area contributed by atoms with Crippen LogP contribution in [0, 0.1) is 0 Å². The van der Waals surface area contributed by atoms with Crippen molar-refractivity contribution in [1.29, 1.82) is 0 Å². The fraction of sp³-hybridized carbons (Fsp3) is 0.0417. The van der Waals surface area contributed by atoms with Gasteiger partial charge in [-0.3, -0.25) is 9.59 Å². The third-order valence-electron chi connectivity index (χ3n) is 4.48. The van der Waals surface area contributed by atoms with Crippen molar-refractivity contribution in [2.24, 2.45) is 0 Å². The van der Waals surface area contributed by atoms with E-state index in [1.165, 1.54) is 6.92 Å². The quantitative estimate of drug-likeness (QED) is 0.371. The Morgan fingerprint density at radius 1 is 0.903 bits per heavy atom. The van der Waals surface area contributed by atoms with Gasteiger partial charge in [0.05, 0.1) is 11.8 Å². The van der Waals surface area contributed by atoms with Crippen LogP contribution < -0.4 is 10.6 Å². The number of benzene rings is 3. The Hall–Kier alpha value is -3.71. The van der Waals surface area contributed by atoms with Gasteiger partial charge in [0.15, 0.2) is 5.76 Å². The van der Waals surface area contributed by atoms with Crippen molar-refractivity contribution in [3.05, 3.63) is 89.0 Å². The molecule has 0 fully saturated rings. The summed E-state index contributed by atoms with van der Waals surface area (Å²) in [4.78, 5) is 28.6. The molecule has 0 aliphatic heterocycles. The molecule has 3 aromatic carbocycles. The lowest BCUT2D eigenvalue weighted by Gasteiger charge is -2.10. The predicted octanol–water partition coefficient (Wildman–Crippen LogP) is 5.98. The summed E-state index contributed by atoms with van der Waals surface area (Å²) in [5, 5.41) is 5.56. The van der Waals surface area contributed by atoms with Gasteiger partial charge in [0.25, 0.3) is 5.91 Å². The highest BCUT2D eigenvalue weighted by atomic mass is 79.9. The van der Waals surface area contributed by atoms with Crippen LogP contribution in [0.2, 0.25) is 0 Å². The molecule has 6 nitrogen and oxygen atoms in total. The first kappa shape index (κ1) is 20.6. The number of oxazole rings is 1. The molecule has 0 saturated carbocycles. The lowest BCUT2D eigenvalue weighted by atomic mass is 10.1. The molecule has 4 aromatic rings.